The van der Waals surface area contributed by atoms with E-state index in [4.69, 9.17) is 9.47 Å². The van der Waals surface area contributed by atoms with E-state index in [-0.39, 0.29) is 5.75 Å². The Morgan fingerprint density at radius 1 is 1.10 bits per heavy atom. The number of hydrogen-bond acceptors (Lipinski definition) is 3. The maximum absolute atomic E-state index is 13.8. The van der Waals surface area contributed by atoms with Gasteiger partial charge in [-0.2, -0.15) is 0 Å². The molecule has 0 aliphatic rings. The highest BCUT2D eigenvalue weighted by Gasteiger charge is 2.17. The van der Waals surface area contributed by atoms with E-state index < -0.39 is 11.9 Å². The van der Waals surface area contributed by atoms with Crippen molar-refractivity contribution >= 4 is 0 Å². The Morgan fingerprint density at radius 3 is 2.45 bits per heavy atom. The van der Waals surface area contributed by atoms with Gasteiger partial charge in [-0.3, -0.25) is 0 Å². The van der Waals surface area contributed by atoms with Crippen LogP contribution in [0.4, 0.5) is 4.39 Å². The number of aliphatic hydroxyl groups excluding tert-OH is 1. The fourth-order valence-electron chi connectivity index (χ4n) is 2.01. The van der Waals surface area contributed by atoms with Crippen LogP contribution in [0.1, 0.15) is 24.2 Å². The van der Waals surface area contributed by atoms with E-state index in [1.54, 1.807) is 37.3 Å². The Hall–Kier alpha value is -2.07. The van der Waals surface area contributed by atoms with Crippen molar-refractivity contribution in [2.75, 3.05) is 7.11 Å². The number of halogens is 1. The lowest BCUT2D eigenvalue weighted by Gasteiger charge is -2.17. The molecular weight excluding hydrogens is 259 g/mol. The highest BCUT2D eigenvalue weighted by Crippen LogP contribution is 2.37. The molecule has 0 fully saturated rings. The summed E-state index contributed by atoms with van der Waals surface area (Å²) < 4.78 is 24.6. The van der Waals surface area contributed by atoms with Gasteiger partial charge in [0.2, 0.25) is 0 Å². The monoisotopic (exact) mass is 276 g/mol. The van der Waals surface area contributed by atoms with Crippen molar-refractivity contribution in [2.45, 2.75) is 20.0 Å². The quantitative estimate of drug-likeness (QED) is 0.917. The summed E-state index contributed by atoms with van der Waals surface area (Å²) in [5, 5.41) is 9.86. The van der Waals surface area contributed by atoms with E-state index >= 15 is 0 Å². The van der Waals surface area contributed by atoms with Gasteiger partial charge in [-0.25, -0.2) is 4.39 Å². The van der Waals surface area contributed by atoms with Crippen LogP contribution in [-0.2, 0) is 0 Å². The second-order valence-corrected chi connectivity index (χ2v) is 4.58. The van der Waals surface area contributed by atoms with Gasteiger partial charge in [-0.1, -0.05) is 12.1 Å². The standard InChI is InChI=1S/C16H17FO3/c1-10-7-8-12(17)15(9-10)20-14-6-4-5-13(19-3)16(14)11(2)18/h4-9,11,18H,1-3H3/t11-/m1/s1. The summed E-state index contributed by atoms with van der Waals surface area (Å²) in [7, 11) is 1.51. The maximum Gasteiger partial charge on any atom is 0.165 e. The van der Waals surface area contributed by atoms with Crippen molar-refractivity contribution in [1.82, 2.24) is 0 Å². The van der Waals surface area contributed by atoms with Gasteiger partial charge in [0, 0.05) is 0 Å². The summed E-state index contributed by atoms with van der Waals surface area (Å²) in [6.07, 6.45) is -0.783. The first-order chi connectivity index (χ1) is 9.52. The third-order valence-corrected chi connectivity index (χ3v) is 2.97. The fourth-order valence-corrected chi connectivity index (χ4v) is 2.01. The summed E-state index contributed by atoms with van der Waals surface area (Å²) in [6, 6.07) is 9.76. The van der Waals surface area contributed by atoms with E-state index in [0.29, 0.717) is 17.1 Å². The Balaban J connectivity index is 2.45. The molecule has 0 saturated heterocycles. The Morgan fingerprint density at radius 2 is 1.80 bits per heavy atom. The summed E-state index contributed by atoms with van der Waals surface area (Å²) in [5.41, 5.74) is 1.39. The van der Waals surface area contributed by atoms with E-state index in [2.05, 4.69) is 0 Å². The van der Waals surface area contributed by atoms with Crippen LogP contribution in [-0.4, -0.2) is 12.2 Å². The normalized spacial score (nSPS) is 12.1. The van der Waals surface area contributed by atoms with Crippen molar-refractivity contribution in [1.29, 1.82) is 0 Å². The second-order valence-electron chi connectivity index (χ2n) is 4.58. The van der Waals surface area contributed by atoms with Gasteiger partial charge < -0.3 is 14.6 Å². The van der Waals surface area contributed by atoms with Crippen LogP contribution in [0.2, 0.25) is 0 Å². The van der Waals surface area contributed by atoms with E-state index in [1.807, 2.05) is 6.92 Å². The van der Waals surface area contributed by atoms with Gasteiger partial charge in [0.25, 0.3) is 0 Å². The molecule has 0 spiro atoms. The molecule has 106 valence electrons. The van der Waals surface area contributed by atoms with Gasteiger partial charge in [0.15, 0.2) is 11.6 Å². The second kappa shape index (κ2) is 5.92. The zero-order valence-electron chi connectivity index (χ0n) is 11.7. The molecule has 0 heterocycles. The van der Waals surface area contributed by atoms with E-state index in [0.717, 1.165) is 5.56 Å². The lowest BCUT2D eigenvalue weighted by molar-refractivity contribution is 0.190. The number of aryl methyl sites for hydroxylation is 1. The van der Waals surface area contributed by atoms with Gasteiger partial charge in [0.1, 0.15) is 11.5 Å². The predicted octanol–water partition coefficient (Wildman–Crippen LogP) is 3.99. The minimum atomic E-state index is -0.783. The first-order valence-electron chi connectivity index (χ1n) is 6.32. The Kier molecular flexibility index (Phi) is 4.25. The van der Waals surface area contributed by atoms with Crippen molar-refractivity contribution in [3.8, 4) is 17.2 Å². The molecule has 0 aliphatic carbocycles. The zero-order chi connectivity index (χ0) is 14.7. The van der Waals surface area contributed by atoms with E-state index in [9.17, 15) is 9.50 Å². The van der Waals surface area contributed by atoms with Gasteiger partial charge in [0.05, 0.1) is 18.8 Å². The Bertz CT molecular complexity index is 609. The Labute approximate surface area is 117 Å². The van der Waals surface area contributed by atoms with Crippen LogP contribution >= 0.6 is 0 Å². The summed E-state index contributed by atoms with van der Waals surface area (Å²) in [6.45, 7) is 3.46. The summed E-state index contributed by atoms with van der Waals surface area (Å²) in [4.78, 5) is 0. The van der Waals surface area contributed by atoms with E-state index in [1.165, 1.54) is 13.2 Å². The molecule has 4 heteroatoms. The zero-order valence-corrected chi connectivity index (χ0v) is 11.7. The first kappa shape index (κ1) is 14.3. The average Bonchev–Trinajstić information content (AvgIpc) is 2.42. The minimum absolute atomic E-state index is 0.125. The van der Waals surface area contributed by atoms with Crippen LogP contribution in [0.15, 0.2) is 36.4 Å². The van der Waals surface area contributed by atoms with Crippen LogP contribution in [0, 0.1) is 12.7 Å². The molecular formula is C16H17FO3. The maximum atomic E-state index is 13.8. The highest BCUT2D eigenvalue weighted by molar-refractivity contribution is 5.48. The SMILES string of the molecule is COc1cccc(Oc2cc(C)ccc2F)c1[C@@H](C)O. The molecule has 0 saturated carbocycles. The molecule has 2 aromatic rings. The molecule has 2 rings (SSSR count). The summed E-state index contributed by atoms with van der Waals surface area (Å²) in [5.74, 6) is 0.560. The molecule has 20 heavy (non-hydrogen) atoms. The third kappa shape index (κ3) is 2.91. The van der Waals surface area contributed by atoms with Crippen LogP contribution in [0.3, 0.4) is 0 Å². The molecule has 0 aliphatic heterocycles. The number of rotatable bonds is 4. The molecule has 2 aromatic carbocycles. The van der Waals surface area contributed by atoms with Crippen LogP contribution in [0.5, 0.6) is 17.2 Å². The molecule has 1 atom stereocenters. The molecule has 0 radical (unpaired) electrons. The third-order valence-electron chi connectivity index (χ3n) is 2.97. The van der Waals surface area contributed by atoms with Crippen molar-refractivity contribution in [3.63, 3.8) is 0 Å². The van der Waals surface area contributed by atoms with Crippen LogP contribution in [0.25, 0.3) is 0 Å². The van der Waals surface area contributed by atoms with Gasteiger partial charge >= 0.3 is 0 Å². The molecule has 1 N–H and O–H groups in total. The first-order valence-corrected chi connectivity index (χ1v) is 6.32. The average molecular weight is 276 g/mol. The number of hydrogen-bond donors (Lipinski definition) is 1. The van der Waals surface area contributed by atoms with Gasteiger partial charge in [-0.05, 0) is 43.7 Å². The number of aliphatic hydroxyl groups is 1. The minimum Gasteiger partial charge on any atom is -0.496 e. The molecule has 0 amide bonds. The predicted molar refractivity (Wildman–Crippen MR) is 74.8 cm³/mol. The van der Waals surface area contributed by atoms with Crippen molar-refractivity contribution in [2.24, 2.45) is 0 Å². The van der Waals surface area contributed by atoms with Crippen molar-refractivity contribution in [3.05, 3.63) is 53.3 Å². The van der Waals surface area contributed by atoms with Crippen LogP contribution < -0.4 is 9.47 Å². The summed E-state index contributed by atoms with van der Waals surface area (Å²) >= 11 is 0. The highest BCUT2D eigenvalue weighted by atomic mass is 19.1. The molecule has 3 nitrogen and oxygen atoms in total. The smallest absolute Gasteiger partial charge is 0.165 e. The lowest BCUT2D eigenvalue weighted by Crippen LogP contribution is -2.00. The molecule has 0 bridgehead atoms. The number of methoxy groups -OCH3 is 1. The number of ether oxygens (including phenoxy) is 2. The fraction of sp³-hybridized carbons (Fsp3) is 0.250. The molecule has 0 aromatic heterocycles. The number of benzene rings is 2. The molecule has 0 unspecified atom stereocenters. The van der Waals surface area contributed by atoms with Gasteiger partial charge in [-0.15, -0.1) is 0 Å². The largest absolute Gasteiger partial charge is 0.496 e. The van der Waals surface area contributed by atoms with Crippen molar-refractivity contribution < 1.29 is 19.0 Å². The lowest BCUT2D eigenvalue weighted by atomic mass is 10.1. The topological polar surface area (TPSA) is 38.7 Å².